The van der Waals surface area contributed by atoms with Crippen LogP contribution < -0.4 is 0 Å². The summed E-state index contributed by atoms with van der Waals surface area (Å²) in [5.41, 5.74) is 1.44. The molecule has 0 heterocycles. The zero-order chi connectivity index (χ0) is 15.4. The van der Waals surface area contributed by atoms with Crippen LogP contribution in [0.15, 0.2) is 53.5 Å². The molecule has 2 aromatic rings. The van der Waals surface area contributed by atoms with Crippen molar-refractivity contribution in [3.63, 3.8) is 0 Å². The van der Waals surface area contributed by atoms with Crippen molar-refractivity contribution in [1.82, 2.24) is 0 Å². The van der Waals surface area contributed by atoms with Gasteiger partial charge in [0, 0.05) is 23.3 Å². The minimum atomic E-state index is -0.549. The molecule has 0 atom stereocenters. The first-order chi connectivity index (χ1) is 9.97. The highest BCUT2D eigenvalue weighted by atomic mass is 35.5. The number of halogens is 2. The normalized spacial score (nSPS) is 11.2. The Morgan fingerprint density at radius 2 is 1.48 bits per heavy atom. The molecular weight excluding hydrogens is 315 g/mol. The Morgan fingerprint density at radius 1 is 0.952 bits per heavy atom. The lowest BCUT2D eigenvalue weighted by molar-refractivity contribution is -0.384. The number of non-ortho nitro benzene ring substituents is 1. The molecule has 5 nitrogen and oxygen atoms in total. The van der Waals surface area contributed by atoms with E-state index in [4.69, 9.17) is 23.2 Å². The van der Waals surface area contributed by atoms with Crippen LogP contribution in [-0.2, 0) is 0 Å². The first kappa shape index (κ1) is 15.2. The summed E-state index contributed by atoms with van der Waals surface area (Å²) < 4.78 is 0. The van der Waals surface area contributed by atoms with Gasteiger partial charge < -0.3 is 0 Å². The molecule has 0 unspecified atom stereocenters. The van der Waals surface area contributed by atoms with Crippen LogP contribution in [0.4, 0.5) is 11.4 Å². The zero-order valence-corrected chi connectivity index (χ0v) is 12.0. The summed E-state index contributed by atoms with van der Waals surface area (Å²) in [6.07, 6.45) is 0. The molecule has 0 aromatic heterocycles. The third-order valence-electron chi connectivity index (χ3n) is 2.64. The molecule has 0 spiro atoms. The van der Waals surface area contributed by atoms with Crippen LogP contribution in [0, 0.1) is 10.1 Å². The third kappa shape index (κ3) is 3.87. The number of carbonyl (C=O) groups is 1. The van der Waals surface area contributed by atoms with Crippen LogP contribution in [0.3, 0.4) is 0 Å². The smallest absolute Gasteiger partial charge is 0.269 e. The minimum Gasteiger partial charge on any atom is -0.276 e. The topological polar surface area (TPSA) is 72.6 Å². The van der Waals surface area contributed by atoms with Gasteiger partial charge in [0.05, 0.1) is 10.6 Å². The van der Waals surface area contributed by atoms with Crippen LogP contribution >= 0.6 is 23.2 Å². The maximum atomic E-state index is 10.9. The Morgan fingerprint density at radius 3 is 1.95 bits per heavy atom. The number of nitro benzene ring substituents is 1. The number of aliphatic imine (C=N–C) groups is 1. The van der Waals surface area contributed by atoms with Gasteiger partial charge in [-0.15, -0.1) is 0 Å². The standard InChI is InChI=1S/C14H8Cl2N2O3/c15-13(9-3-7-12(8-4-9)18(20)21)17-11-5-1-10(2-6-11)14(16)19/h1-8H. The molecule has 0 aliphatic carbocycles. The molecule has 0 radical (unpaired) electrons. The minimum absolute atomic E-state index is 0.0202. The quantitative estimate of drug-likeness (QED) is 0.365. The summed E-state index contributed by atoms with van der Waals surface area (Å²) in [5, 5.41) is 10.2. The Kier molecular flexibility index (Phi) is 4.67. The summed E-state index contributed by atoms with van der Waals surface area (Å²) in [6.45, 7) is 0. The van der Waals surface area contributed by atoms with Gasteiger partial charge in [0.25, 0.3) is 10.9 Å². The number of benzene rings is 2. The molecule has 0 amide bonds. The Hall–Kier alpha value is -2.24. The second kappa shape index (κ2) is 6.47. The van der Waals surface area contributed by atoms with Gasteiger partial charge in [0.15, 0.2) is 0 Å². The first-order valence-electron chi connectivity index (χ1n) is 5.76. The molecule has 0 aliphatic rings. The van der Waals surface area contributed by atoms with Crippen LogP contribution in [0.1, 0.15) is 15.9 Å². The van der Waals surface area contributed by atoms with Gasteiger partial charge in [-0.25, -0.2) is 4.99 Å². The highest BCUT2D eigenvalue weighted by Crippen LogP contribution is 2.19. The lowest BCUT2D eigenvalue weighted by Gasteiger charge is -2.00. The van der Waals surface area contributed by atoms with E-state index in [1.165, 1.54) is 36.4 Å². The number of rotatable bonds is 4. The van der Waals surface area contributed by atoms with Gasteiger partial charge >= 0.3 is 0 Å². The second-order valence-corrected chi connectivity index (χ2v) is 4.73. The van der Waals surface area contributed by atoms with Gasteiger partial charge in [0.1, 0.15) is 5.17 Å². The molecule has 106 valence electrons. The average molecular weight is 323 g/mol. The van der Waals surface area contributed by atoms with E-state index < -0.39 is 10.2 Å². The van der Waals surface area contributed by atoms with E-state index in [-0.39, 0.29) is 10.9 Å². The van der Waals surface area contributed by atoms with Crippen molar-refractivity contribution in [2.24, 2.45) is 4.99 Å². The lowest BCUT2D eigenvalue weighted by atomic mass is 10.2. The largest absolute Gasteiger partial charge is 0.276 e. The molecule has 0 bridgehead atoms. The average Bonchev–Trinajstić information content (AvgIpc) is 2.47. The Balaban J connectivity index is 2.23. The predicted octanol–water partition coefficient (Wildman–Crippen LogP) is 4.29. The van der Waals surface area contributed by atoms with Gasteiger partial charge in [-0.2, -0.15) is 0 Å². The highest BCUT2D eigenvalue weighted by Gasteiger charge is 2.07. The summed E-state index contributed by atoms with van der Waals surface area (Å²) in [4.78, 5) is 25.2. The maximum Gasteiger partial charge on any atom is 0.269 e. The number of hydrogen-bond donors (Lipinski definition) is 0. The predicted molar refractivity (Wildman–Crippen MR) is 81.8 cm³/mol. The van der Waals surface area contributed by atoms with E-state index in [1.807, 2.05) is 0 Å². The van der Waals surface area contributed by atoms with Crippen LogP contribution in [0.5, 0.6) is 0 Å². The van der Waals surface area contributed by atoms with Gasteiger partial charge in [-0.1, -0.05) is 11.6 Å². The van der Waals surface area contributed by atoms with Crippen molar-refractivity contribution in [2.45, 2.75) is 0 Å². The number of nitro groups is 1. The van der Waals surface area contributed by atoms with Crippen LogP contribution in [-0.4, -0.2) is 15.3 Å². The van der Waals surface area contributed by atoms with E-state index in [0.29, 0.717) is 16.8 Å². The van der Waals surface area contributed by atoms with Gasteiger partial charge in [0.2, 0.25) is 0 Å². The van der Waals surface area contributed by atoms with Crippen molar-refractivity contribution in [3.8, 4) is 0 Å². The molecule has 21 heavy (non-hydrogen) atoms. The second-order valence-electron chi connectivity index (χ2n) is 4.03. The van der Waals surface area contributed by atoms with Crippen molar-refractivity contribution >= 4 is 45.0 Å². The SMILES string of the molecule is O=C(Cl)c1ccc(N=C(Cl)c2ccc([N+](=O)[O-])cc2)cc1. The molecule has 0 saturated heterocycles. The fourth-order valence-corrected chi connectivity index (χ4v) is 1.92. The van der Waals surface area contributed by atoms with Crippen molar-refractivity contribution in [3.05, 3.63) is 69.8 Å². The summed E-state index contributed by atoms with van der Waals surface area (Å²) in [5.74, 6) is 0. The monoisotopic (exact) mass is 322 g/mol. The van der Waals surface area contributed by atoms with Gasteiger partial charge in [-0.05, 0) is 48.0 Å². The maximum absolute atomic E-state index is 10.9. The molecule has 0 N–H and O–H groups in total. The molecular formula is C14H8Cl2N2O3. The Bertz CT molecular complexity index is 710. The fraction of sp³-hybridized carbons (Fsp3) is 0. The lowest BCUT2D eigenvalue weighted by Crippen LogP contribution is -1.93. The fourth-order valence-electron chi connectivity index (χ4n) is 1.57. The van der Waals surface area contributed by atoms with Crippen LogP contribution in [0.2, 0.25) is 0 Å². The number of nitrogens with zero attached hydrogens (tertiary/aromatic N) is 2. The van der Waals surface area contributed by atoms with E-state index in [0.717, 1.165) is 0 Å². The molecule has 7 heteroatoms. The third-order valence-corrected chi connectivity index (χ3v) is 3.16. The molecule has 0 saturated carbocycles. The number of hydrogen-bond acceptors (Lipinski definition) is 4. The van der Waals surface area contributed by atoms with Crippen LogP contribution in [0.25, 0.3) is 0 Å². The van der Waals surface area contributed by atoms with E-state index >= 15 is 0 Å². The van der Waals surface area contributed by atoms with E-state index in [9.17, 15) is 14.9 Å². The molecule has 2 aromatic carbocycles. The van der Waals surface area contributed by atoms with Crippen molar-refractivity contribution in [1.29, 1.82) is 0 Å². The highest BCUT2D eigenvalue weighted by molar-refractivity contribution is 6.69. The summed E-state index contributed by atoms with van der Waals surface area (Å²) in [7, 11) is 0. The van der Waals surface area contributed by atoms with E-state index in [1.54, 1.807) is 12.1 Å². The molecule has 0 aliphatic heterocycles. The summed E-state index contributed by atoms with van der Waals surface area (Å²) >= 11 is 11.4. The Labute approximate surface area is 130 Å². The molecule has 2 rings (SSSR count). The van der Waals surface area contributed by atoms with Gasteiger partial charge in [-0.3, -0.25) is 14.9 Å². The van der Waals surface area contributed by atoms with E-state index in [2.05, 4.69) is 4.99 Å². The molecule has 0 fully saturated rings. The number of carbonyl (C=O) groups excluding carboxylic acids is 1. The zero-order valence-electron chi connectivity index (χ0n) is 10.5. The summed E-state index contributed by atoms with van der Waals surface area (Å²) in [6, 6.07) is 12.0. The van der Waals surface area contributed by atoms with Crippen molar-refractivity contribution in [2.75, 3.05) is 0 Å². The first-order valence-corrected chi connectivity index (χ1v) is 6.52. The van der Waals surface area contributed by atoms with Crippen molar-refractivity contribution < 1.29 is 9.72 Å².